The van der Waals surface area contributed by atoms with Gasteiger partial charge in [-0.3, -0.25) is 0 Å². The van der Waals surface area contributed by atoms with E-state index in [4.69, 9.17) is 0 Å². The number of halogens is 1. The molecule has 1 aromatic heterocycles. The van der Waals surface area contributed by atoms with Gasteiger partial charge < -0.3 is 9.47 Å². The van der Waals surface area contributed by atoms with Crippen molar-refractivity contribution in [3.63, 3.8) is 0 Å². The number of rotatable bonds is 2. The average Bonchev–Trinajstić information content (AvgIpc) is 2.77. The van der Waals surface area contributed by atoms with Crippen LogP contribution in [0.25, 0.3) is 10.9 Å². The molecular formula is C16H28FN2+. The maximum atomic E-state index is 13.6. The first-order chi connectivity index (χ1) is 8.97. The van der Waals surface area contributed by atoms with E-state index in [1.807, 2.05) is 40.0 Å². The quantitative estimate of drug-likeness (QED) is 0.767. The van der Waals surface area contributed by atoms with Gasteiger partial charge in [-0.1, -0.05) is 33.8 Å². The Morgan fingerprint density at radius 3 is 2.16 bits per heavy atom. The highest BCUT2D eigenvalue weighted by Crippen LogP contribution is 2.23. The highest BCUT2D eigenvalue weighted by molar-refractivity contribution is 5.83. The summed E-state index contributed by atoms with van der Waals surface area (Å²) in [7, 11) is 6.29. The Hall–Kier alpha value is -1.35. The zero-order chi connectivity index (χ0) is 15.1. The van der Waals surface area contributed by atoms with Crippen LogP contribution in [-0.4, -0.2) is 30.6 Å². The van der Waals surface area contributed by atoms with E-state index in [2.05, 4.69) is 26.1 Å². The van der Waals surface area contributed by atoms with Crippen LogP contribution in [0, 0.1) is 5.82 Å². The van der Waals surface area contributed by atoms with Crippen LogP contribution in [0.15, 0.2) is 24.4 Å². The van der Waals surface area contributed by atoms with Crippen LogP contribution in [0.4, 0.5) is 4.39 Å². The Labute approximate surface area is 116 Å². The Morgan fingerprint density at radius 1 is 1.05 bits per heavy atom. The van der Waals surface area contributed by atoms with Gasteiger partial charge in [0.15, 0.2) is 0 Å². The van der Waals surface area contributed by atoms with Crippen molar-refractivity contribution in [2.75, 3.05) is 21.1 Å². The Morgan fingerprint density at radius 2 is 1.63 bits per heavy atom. The van der Waals surface area contributed by atoms with Crippen LogP contribution >= 0.6 is 0 Å². The molecule has 0 saturated carbocycles. The molecule has 1 heterocycles. The van der Waals surface area contributed by atoms with E-state index in [0.29, 0.717) is 0 Å². The fourth-order valence-corrected chi connectivity index (χ4v) is 1.84. The largest absolute Gasteiger partial charge is 0.361 e. The van der Waals surface area contributed by atoms with Gasteiger partial charge in [-0.2, -0.15) is 0 Å². The molecule has 0 bridgehead atoms. The van der Waals surface area contributed by atoms with Crippen LogP contribution in [0.5, 0.6) is 0 Å². The predicted molar refractivity (Wildman–Crippen MR) is 82.7 cm³/mol. The van der Waals surface area contributed by atoms with E-state index in [-0.39, 0.29) is 5.82 Å². The van der Waals surface area contributed by atoms with Gasteiger partial charge in [0.1, 0.15) is 12.4 Å². The lowest BCUT2D eigenvalue weighted by Crippen LogP contribution is -2.33. The van der Waals surface area contributed by atoms with E-state index < -0.39 is 0 Å². The number of quaternary nitrogens is 1. The van der Waals surface area contributed by atoms with Gasteiger partial charge in [0, 0.05) is 22.7 Å². The minimum atomic E-state index is -0.141. The number of aromatic nitrogens is 1. The number of H-pyrrole nitrogens is 1. The van der Waals surface area contributed by atoms with Crippen molar-refractivity contribution >= 4 is 10.9 Å². The standard InChI is InChI=1S/C12H16FN2.2C2H6/c1-15(2,3)8-9-7-14-11-6-4-5-10(13)12(9)11;2*1-2/h4-7,14H,8H2,1-3H3;2*1-2H3/q+1;;. The summed E-state index contributed by atoms with van der Waals surface area (Å²) < 4.78 is 14.4. The predicted octanol–water partition coefficient (Wildman–Crippen LogP) is 4.57. The molecule has 0 fully saturated rings. The monoisotopic (exact) mass is 267 g/mol. The second kappa shape index (κ2) is 7.95. The number of nitrogens with zero attached hydrogens (tertiary/aromatic N) is 1. The van der Waals surface area contributed by atoms with Crippen LogP contribution in [0.3, 0.4) is 0 Å². The summed E-state index contributed by atoms with van der Waals surface area (Å²) in [6.45, 7) is 8.82. The van der Waals surface area contributed by atoms with E-state index >= 15 is 0 Å². The fraction of sp³-hybridized carbons (Fsp3) is 0.500. The zero-order valence-electron chi connectivity index (χ0n) is 13.3. The molecule has 0 unspecified atom stereocenters. The third-order valence-corrected chi connectivity index (χ3v) is 2.38. The molecule has 1 aromatic carbocycles. The molecule has 0 amide bonds. The summed E-state index contributed by atoms with van der Waals surface area (Å²) in [4.78, 5) is 3.10. The molecule has 108 valence electrons. The molecule has 3 heteroatoms. The smallest absolute Gasteiger partial charge is 0.133 e. The number of benzene rings is 1. The molecule has 2 aromatic rings. The SMILES string of the molecule is CC.CC.C[N+](C)(C)Cc1c[nH]c2cccc(F)c12. The van der Waals surface area contributed by atoms with Crippen molar-refractivity contribution in [1.29, 1.82) is 0 Å². The van der Waals surface area contributed by atoms with Gasteiger partial charge in [0.25, 0.3) is 0 Å². The van der Waals surface area contributed by atoms with Crippen LogP contribution in [-0.2, 0) is 6.54 Å². The van der Waals surface area contributed by atoms with Crippen molar-refractivity contribution in [3.05, 3.63) is 35.8 Å². The maximum Gasteiger partial charge on any atom is 0.133 e. The first-order valence-electron chi connectivity index (χ1n) is 7.02. The van der Waals surface area contributed by atoms with Gasteiger partial charge in [-0.05, 0) is 12.1 Å². The van der Waals surface area contributed by atoms with E-state index in [0.717, 1.165) is 27.5 Å². The van der Waals surface area contributed by atoms with E-state index in [1.54, 1.807) is 6.07 Å². The topological polar surface area (TPSA) is 15.8 Å². The van der Waals surface area contributed by atoms with Crippen molar-refractivity contribution in [2.24, 2.45) is 0 Å². The minimum absolute atomic E-state index is 0.141. The lowest BCUT2D eigenvalue weighted by Gasteiger charge is -2.23. The number of aromatic amines is 1. The van der Waals surface area contributed by atoms with Crippen molar-refractivity contribution in [1.82, 2.24) is 4.98 Å². The van der Waals surface area contributed by atoms with Gasteiger partial charge in [0.05, 0.1) is 21.1 Å². The first-order valence-corrected chi connectivity index (χ1v) is 7.02. The van der Waals surface area contributed by atoms with Crippen LogP contribution < -0.4 is 0 Å². The fourth-order valence-electron chi connectivity index (χ4n) is 1.84. The number of nitrogens with one attached hydrogen (secondary N) is 1. The lowest BCUT2D eigenvalue weighted by atomic mass is 10.1. The minimum Gasteiger partial charge on any atom is -0.361 e. The summed E-state index contributed by atoms with van der Waals surface area (Å²) in [6.07, 6.45) is 1.90. The molecule has 0 aliphatic rings. The Balaban J connectivity index is 0.000000741. The second-order valence-corrected chi connectivity index (χ2v) is 4.92. The normalized spacial score (nSPS) is 10.3. The van der Waals surface area contributed by atoms with E-state index in [1.165, 1.54) is 6.07 Å². The Kier molecular flexibility index (Phi) is 7.38. The molecule has 0 atom stereocenters. The van der Waals surface area contributed by atoms with Crippen LogP contribution in [0.1, 0.15) is 33.3 Å². The summed E-state index contributed by atoms with van der Waals surface area (Å²) in [5.74, 6) is -0.141. The Bertz CT molecular complexity index is 481. The van der Waals surface area contributed by atoms with Gasteiger partial charge >= 0.3 is 0 Å². The summed E-state index contributed by atoms with van der Waals surface area (Å²) in [6, 6.07) is 5.14. The molecule has 0 aliphatic carbocycles. The summed E-state index contributed by atoms with van der Waals surface area (Å²) in [5.41, 5.74) is 1.91. The van der Waals surface area contributed by atoms with Crippen molar-refractivity contribution < 1.29 is 8.87 Å². The van der Waals surface area contributed by atoms with Crippen molar-refractivity contribution in [3.8, 4) is 0 Å². The van der Waals surface area contributed by atoms with Gasteiger partial charge in [-0.25, -0.2) is 4.39 Å². The number of fused-ring (bicyclic) bond motifs is 1. The molecule has 19 heavy (non-hydrogen) atoms. The summed E-state index contributed by atoms with van der Waals surface area (Å²) >= 11 is 0. The molecule has 2 nitrogen and oxygen atoms in total. The highest BCUT2D eigenvalue weighted by Gasteiger charge is 2.14. The zero-order valence-corrected chi connectivity index (χ0v) is 13.3. The molecule has 0 saturated heterocycles. The lowest BCUT2D eigenvalue weighted by molar-refractivity contribution is -0.883. The number of hydrogen-bond donors (Lipinski definition) is 1. The number of hydrogen-bond acceptors (Lipinski definition) is 0. The van der Waals surface area contributed by atoms with Crippen LogP contribution in [0.2, 0.25) is 0 Å². The first kappa shape index (κ1) is 17.6. The highest BCUT2D eigenvalue weighted by atomic mass is 19.1. The van der Waals surface area contributed by atoms with Crippen molar-refractivity contribution in [2.45, 2.75) is 34.2 Å². The second-order valence-electron chi connectivity index (χ2n) is 4.92. The third kappa shape index (κ3) is 5.03. The third-order valence-electron chi connectivity index (χ3n) is 2.38. The molecular weight excluding hydrogens is 239 g/mol. The molecule has 1 N–H and O–H groups in total. The average molecular weight is 267 g/mol. The molecule has 0 spiro atoms. The van der Waals surface area contributed by atoms with Gasteiger partial charge in [0.2, 0.25) is 0 Å². The molecule has 2 rings (SSSR count). The maximum absolute atomic E-state index is 13.6. The summed E-state index contributed by atoms with van der Waals surface area (Å²) in [5, 5.41) is 0.727. The van der Waals surface area contributed by atoms with Gasteiger partial charge in [-0.15, -0.1) is 0 Å². The molecule has 0 radical (unpaired) electrons. The molecule has 0 aliphatic heterocycles. The van der Waals surface area contributed by atoms with E-state index in [9.17, 15) is 4.39 Å².